The molecular weight excluding hydrogens is 604 g/mol. The molecule has 2 aromatic rings. The summed E-state index contributed by atoms with van der Waals surface area (Å²) >= 11 is 0. The van der Waals surface area contributed by atoms with E-state index in [4.69, 9.17) is 27.6 Å². The molecule has 2 aliphatic heterocycles. The zero-order valence-corrected chi connectivity index (χ0v) is 27.1. The van der Waals surface area contributed by atoms with Gasteiger partial charge in [-0.1, -0.05) is 55.4 Å². The number of aromatic nitrogens is 4. The highest BCUT2D eigenvalue weighted by Crippen LogP contribution is 2.49. The van der Waals surface area contributed by atoms with Crippen LogP contribution < -0.4 is 5.73 Å². The molecule has 0 aliphatic carbocycles. The maximum atomic E-state index is 13.6. The molecular formula is C23H38F3N5O7SSi2. The molecule has 41 heavy (non-hydrogen) atoms. The number of halogens is 3. The fourth-order valence-electron chi connectivity index (χ4n) is 5.71. The first-order valence-electron chi connectivity index (χ1n) is 13.5. The highest BCUT2D eigenvalue weighted by atomic mass is 32.2. The highest BCUT2D eigenvalue weighted by Gasteiger charge is 2.63. The number of rotatable bonds is 7. The third kappa shape index (κ3) is 5.45. The minimum absolute atomic E-state index is 0.000790. The molecule has 2 aromatic heterocycles. The minimum Gasteiger partial charge on any atom is -0.414 e. The predicted molar refractivity (Wildman–Crippen MR) is 147 cm³/mol. The maximum absolute atomic E-state index is 13.6. The van der Waals surface area contributed by atoms with E-state index in [0.717, 1.165) is 6.33 Å². The van der Waals surface area contributed by atoms with E-state index in [0.29, 0.717) is 0 Å². The van der Waals surface area contributed by atoms with Gasteiger partial charge in [-0.2, -0.15) is 21.6 Å². The van der Waals surface area contributed by atoms with Crippen molar-refractivity contribution in [3.05, 3.63) is 12.7 Å². The van der Waals surface area contributed by atoms with Gasteiger partial charge in [0, 0.05) is 0 Å². The quantitative estimate of drug-likeness (QED) is 0.259. The number of imidazole rings is 1. The molecule has 4 rings (SSSR count). The van der Waals surface area contributed by atoms with Crippen LogP contribution in [0.15, 0.2) is 12.7 Å². The number of anilines is 1. The third-order valence-corrected chi connectivity index (χ3v) is 19.1. The van der Waals surface area contributed by atoms with Crippen molar-refractivity contribution in [3.63, 3.8) is 0 Å². The van der Waals surface area contributed by atoms with Crippen molar-refractivity contribution >= 4 is 44.2 Å². The van der Waals surface area contributed by atoms with E-state index < -0.39 is 57.3 Å². The fraction of sp³-hybridized carbons (Fsp3) is 0.783. The summed E-state index contributed by atoms with van der Waals surface area (Å²) < 4.78 is 98.7. The number of alkyl halides is 3. The van der Waals surface area contributed by atoms with Gasteiger partial charge in [0.1, 0.15) is 24.1 Å². The van der Waals surface area contributed by atoms with Crippen molar-refractivity contribution in [2.75, 3.05) is 12.3 Å². The van der Waals surface area contributed by atoms with E-state index in [1.54, 1.807) is 0 Å². The lowest BCUT2D eigenvalue weighted by molar-refractivity contribution is -0.0694. The summed E-state index contributed by atoms with van der Waals surface area (Å²) in [6, 6.07) is 0. The Bertz CT molecular complexity index is 1340. The molecule has 0 spiro atoms. The van der Waals surface area contributed by atoms with Crippen LogP contribution in [0, 0.1) is 0 Å². The Balaban J connectivity index is 1.91. The van der Waals surface area contributed by atoms with Gasteiger partial charge in [0.2, 0.25) is 0 Å². The molecule has 12 nitrogen and oxygen atoms in total. The molecule has 4 heterocycles. The van der Waals surface area contributed by atoms with E-state index in [1.165, 1.54) is 10.9 Å². The molecule has 2 aliphatic rings. The number of nitrogen functional groups attached to an aromatic ring is 1. The van der Waals surface area contributed by atoms with Crippen molar-refractivity contribution < 1.29 is 43.5 Å². The van der Waals surface area contributed by atoms with Crippen LogP contribution in [0.4, 0.5) is 19.0 Å². The SMILES string of the molecule is CC(C)[Si]1(C(C)C)OC[C@H]2O[C@@H](n3cnc4c(N)ncnc43)[C@H](OS(=O)(=O)C(F)(F)F)[C@@H]2O[Si](C(C)C)(C(C)C)O1. The van der Waals surface area contributed by atoms with Crippen LogP contribution in [-0.2, 0) is 32.0 Å². The van der Waals surface area contributed by atoms with Gasteiger partial charge in [-0.15, -0.1) is 0 Å². The molecule has 18 heteroatoms. The average molecular weight is 642 g/mol. The van der Waals surface area contributed by atoms with Gasteiger partial charge in [0.15, 0.2) is 23.8 Å². The summed E-state index contributed by atoms with van der Waals surface area (Å²) in [6.07, 6.45) is -3.12. The summed E-state index contributed by atoms with van der Waals surface area (Å²) in [5.74, 6) is 0.0295. The van der Waals surface area contributed by atoms with Crippen LogP contribution in [0.25, 0.3) is 11.2 Å². The first kappa shape index (κ1) is 32.2. The lowest BCUT2D eigenvalue weighted by Gasteiger charge is -2.51. The summed E-state index contributed by atoms with van der Waals surface area (Å²) in [6.45, 7) is 15.7. The average Bonchev–Trinajstić information content (AvgIpc) is 3.39. The zero-order valence-electron chi connectivity index (χ0n) is 24.2. The fourth-order valence-corrected chi connectivity index (χ4v) is 17.5. The van der Waals surface area contributed by atoms with Gasteiger partial charge in [0.25, 0.3) is 0 Å². The van der Waals surface area contributed by atoms with Crippen molar-refractivity contribution in [1.82, 2.24) is 19.5 Å². The van der Waals surface area contributed by atoms with Gasteiger partial charge in [-0.3, -0.25) is 8.75 Å². The molecule has 2 fully saturated rings. The number of fused-ring (bicyclic) bond motifs is 2. The maximum Gasteiger partial charge on any atom is 0.523 e. The lowest BCUT2D eigenvalue weighted by atomic mass is 10.1. The topological polar surface area (TPSA) is 150 Å². The Morgan fingerprint density at radius 2 is 1.59 bits per heavy atom. The number of nitrogens with zero attached hydrogens (tertiary/aromatic N) is 4. The summed E-state index contributed by atoms with van der Waals surface area (Å²) in [5, 5.41) is 0. The van der Waals surface area contributed by atoms with E-state index in [1.807, 2.05) is 55.4 Å². The standard InChI is InChI=1S/C23H38F3N5O7SSi2/c1-12(2)40(13(3)4)34-9-16-18(37-41(38-40,14(5)6)15(7)8)19(36-39(32,33)23(24,25)26)22(35-16)31-11-30-17-20(27)28-10-29-21(17)31/h10-16,18-19,22H,9H2,1-8H3,(H2,27,28,29)/t16-,18-,19-,22-/m1/s1. The number of nitrogens with two attached hydrogens (primary N) is 1. The van der Waals surface area contributed by atoms with Crippen LogP contribution in [0.5, 0.6) is 0 Å². The monoisotopic (exact) mass is 641 g/mol. The largest absolute Gasteiger partial charge is 0.523 e. The molecule has 2 saturated heterocycles. The molecule has 2 N–H and O–H groups in total. The molecule has 0 amide bonds. The second-order valence-electron chi connectivity index (χ2n) is 11.7. The van der Waals surface area contributed by atoms with Crippen LogP contribution >= 0.6 is 0 Å². The molecule has 0 saturated carbocycles. The van der Waals surface area contributed by atoms with Gasteiger partial charge in [-0.25, -0.2) is 15.0 Å². The Morgan fingerprint density at radius 3 is 2.12 bits per heavy atom. The Hall–Kier alpha value is -1.68. The smallest absolute Gasteiger partial charge is 0.414 e. The van der Waals surface area contributed by atoms with Gasteiger partial charge in [0.05, 0.1) is 12.9 Å². The lowest BCUT2D eigenvalue weighted by Crippen LogP contribution is -2.66. The van der Waals surface area contributed by atoms with Gasteiger partial charge >= 0.3 is 32.7 Å². The van der Waals surface area contributed by atoms with Crippen molar-refractivity contribution in [2.24, 2.45) is 0 Å². The Labute approximate surface area is 239 Å². The summed E-state index contributed by atoms with van der Waals surface area (Å²) in [5.41, 5.74) is 0.143. The molecule has 232 valence electrons. The molecule has 0 aromatic carbocycles. The van der Waals surface area contributed by atoms with Crippen LogP contribution in [0.2, 0.25) is 22.2 Å². The second kappa shape index (κ2) is 11.1. The van der Waals surface area contributed by atoms with E-state index in [9.17, 15) is 21.6 Å². The van der Waals surface area contributed by atoms with E-state index in [2.05, 4.69) is 15.0 Å². The Kier molecular flexibility index (Phi) is 8.74. The molecule has 0 unspecified atom stereocenters. The second-order valence-corrected chi connectivity index (χ2v) is 22.1. The predicted octanol–water partition coefficient (Wildman–Crippen LogP) is 4.50. The normalized spacial score (nSPS) is 27.1. The van der Waals surface area contributed by atoms with Crippen LogP contribution in [0.3, 0.4) is 0 Å². The van der Waals surface area contributed by atoms with Crippen LogP contribution in [0.1, 0.15) is 61.6 Å². The van der Waals surface area contributed by atoms with Crippen molar-refractivity contribution in [1.29, 1.82) is 0 Å². The van der Waals surface area contributed by atoms with Crippen LogP contribution in [-0.4, -0.2) is 75.5 Å². The first-order valence-corrected chi connectivity index (χ1v) is 18.8. The number of hydrogen-bond acceptors (Lipinski definition) is 11. The Morgan fingerprint density at radius 1 is 1.00 bits per heavy atom. The van der Waals surface area contributed by atoms with E-state index >= 15 is 0 Å². The molecule has 4 atom stereocenters. The third-order valence-electron chi connectivity index (χ3n) is 7.80. The summed E-state index contributed by atoms with van der Waals surface area (Å²) in [7, 11) is -12.5. The minimum atomic E-state index is -6.07. The number of ether oxygens (including phenoxy) is 1. The molecule has 0 radical (unpaired) electrons. The van der Waals surface area contributed by atoms with E-state index in [-0.39, 0.29) is 45.8 Å². The zero-order chi connectivity index (χ0) is 30.7. The van der Waals surface area contributed by atoms with Gasteiger partial charge in [-0.05, 0) is 22.2 Å². The summed E-state index contributed by atoms with van der Waals surface area (Å²) in [4.78, 5) is 12.2. The highest BCUT2D eigenvalue weighted by molar-refractivity contribution is 7.87. The number of hydrogen-bond donors (Lipinski definition) is 1. The first-order chi connectivity index (χ1) is 18.9. The van der Waals surface area contributed by atoms with Gasteiger partial charge < -0.3 is 23.4 Å². The van der Waals surface area contributed by atoms with Crippen molar-refractivity contribution in [2.45, 2.75) is 108 Å². The molecule has 0 bridgehead atoms. The van der Waals surface area contributed by atoms with Crippen molar-refractivity contribution in [3.8, 4) is 0 Å².